The molecule has 162 valence electrons. The highest BCUT2D eigenvalue weighted by Crippen LogP contribution is 2.30. The lowest BCUT2D eigenvalue weighted by Crippen LogP contribution is -2.49. The average molecular weight is 423 g/mol. The summed E-state index contributed by atoms with van der Waals surface area (Å²) in [5, 5.41) is 4.75. The molecule has 1 aliphatic carbocycles. The third-order valence-corrected chi connectivity index (χ3v) is 6.19. The fraction of sp³-hybridized carbons (Fsp3) is 0.476. The van der Waals surface area contributed by atoms with Crippen LogP contribution < -0.4 is 16.1 Å². The zero-order valence-corrected chi connectivity index (χ0v) is 17.3. The van der Waals surface area contributed by atoms with E-state index >= 15 is 0 Å². The largest absolute Gasteiger partial charge is 0.351 e. The Kier molecular flexibility index (Phi) is 5.05. The molecule has 4 heterocycles. The van der Waals surface area contributed by atoms with Gasteiger partial charge in [-0.1, -0.05) is 0 Å². The molecule has 3 aromatic heterocycles. The van der Waals surface area contributed by atoms with E-state index in [1.54, 1.807) is 6.20 Å². The lowest BCUT2D eigenvalue weighted by atomic mass is 9.97. The first-order chi connectivity index (χ1) is 15.1. The van der Waals surface area contributed by atoms with Crippen LogP contribution in [0.3, 0.4) is 0 Å². The van der Waals surface area contributed by atoms with E-state index in [0.29, 0.717) is 26.2 Å². The average Bonchev–Trinajstić information content (AvgIpc) is 3.17. The summed E-state index contributed by atoms with van der Waals surface area (Å²) in [5.74, 6) is 0.954. The predicted octanol–water partition coefficient (Wildman–Crippen LogP) is 0.197. The molecule has 0 spiro atoms. The molecule has 0 saturated carbocycles. The number of piperazine rings is 1. The van der Waals surface area contributed by atoms with Gasteiger partial charge in [0.25, 0.3) is 5.56 Å². The van der Waals surface area contributed by atoms with Crippen molar-refractivity contribution in [3.8, 4) is 0 Å². The van der Waals surface area contributed by atoms with Crippen LogP contribution in [0.4, 0.5) is 5.82 Å². The van der Waals surface area contributed by atoms with Crippen LogP contribution in [0.5, 0.6) is 0 Å². The number of H-pyrrole nitrogens is 1. The number of anilines is 1. The minimum atomic E-state index is -0.492. The number of carbonyl (C=O) groups excluding carboxylic acids is 1. The van der Waals surface area contributed by atoms with Gasteiger partial charge in [-0.25, -0.2) is 14.3 Å². The Hall–Kier alpha value is -3.43. The molecule has 10 nitrogen and oxygen atoms in total. The topological polar surface area (TPSA) is 109 Å². The van der Waals surface area contributed by atoms with Gasteiger partial charge in [-0.05, 0) is 25.7 Å². The van der Waals surface area contributed by atoms with E-state index in [1.807, 2.05) is 15.6 Å². The maximum absolute atomic E-state index is 12.6. The van der Waals surface area contributed by atoms with Crippen molar-refractivity contribution in [2.75, 3.05) is 31.1 Å². The first-order valence-electron chi connectivity index (χ1n) is 10.8. The number of aromatic amines is 1. The Bertz CT molecular complexity index is 1230. The maximum atomic E-state index is 12.6. The van der Waals surface area contributed by atoms with Crippen molar-refractivity contribution < 1.29 is 4.79 Å². The summed E-state index contributed by atoms with van der Waals surface area (Å²) >= 11 is 0. The molecule has 1 amide bonds. The zero-order valence-electron chi connectivity index (χ0n) is 17.3. The van der Waals surface area contributed by atoms with Crippen LogP contribution in [0.25, 0.3) is 5.52 Å². The van der Waals surface area contributed by atoms with Gasteiger partial charge in [0.15, 0.2) is 5.82 Å². The third-order valence-electron chi connectivity index (χ3n) is 6.19. The highest BCUT2D eigenvalue weighted by molar-refractivity contribution is 5.77. The number of aromatic nitrogens is 5. The van der Waals surface area contributed by atoms with E-state index in [0.717, 1.165) is 24.2 Å². The molecule has 3 aromatic rings. The van der Waals surface area contributed by atoms with Crippen LogP contribution in [-0.4, -0.2) is 61.1 Å². The second-order valence-electron chi connectivity index (χ2n) is 8.10. The number of nitrogens with one attached hydrogen (secondary N) is 1. The highest BCUT2D eigenvalue weighted by Gasteiger charge is 2.26. The SMILES string of the molecule is O=C(CCn1ccc(=O)[nH]c1=O)N1CCN(c2nccn3nc4c(c23)CCCC4)CC1. The molecule has 0 radical (unpaired) electrons. The minimum Gasteiger partial charge on any atom is -0.351 e. The molecule has 0 unspecified atom stereocenters. The summed E-state index contributed by atoms with van der Waals surface area (Å²) in [6.07, 6.45) is 9.78. The van der Waals surface area contributed by atoms with Crippen molar-refractivity contribution >= 4 is 17.2 Å². The van der Waals surface area contributed by atoms with Crippen molar-refractivity contribution in [3.05, 3.63) is 56.8 Å². The highest BCUT2D eigenvalue weighted by atomic mass is 16.2. The van der Waals surface area contributed by atoms with Crippen LogP contribution in [0.1, 0.15) is 30.5 Å². The molecular formula is C21H25N7O3. The molecule has 0 bridgehead atoms. The van der Waals surface area contributed by atoms with Gasteiger partial charge in [-0.15, -0.1) is 0 Å². The first-order valence-corrected chi connectivity index (χ1v) is 10.8. The molecule has 0 aromatic carbocycles. The molecule has 1 saturated heterocycles. The summed E-state index contributed by atoms with van der Waals surface area (Å²) in [6.45, 7) is 2.88. The van der Waals surface area contributed by atoms with E-state index in [1.165, 1.54) is 40.9 Å². The maximum Gasteiger partial charge on any atom is 0.328 e. The number of hydrogen-bond acceptors (Lipinski definition) is 6. The predicted molar refractivity (Wildman–Crippen MR) is 114 cm³/mol. The van der Waals surface area contributed by atoms with Crippen molar-refractivity contribution in [2.45, 2.75) is 38.6 Å². The van der Waals surface area contributed by atoms with E-state index < -0.39 is 11.2 Å². The van der Waals surface area contributed by atoms with Gasteiger partial charge in [0.1, 0.15) is 5.52 Å². The van der Waals surface area contributed by atoms with Crippen LogP contribution in [-0.2, 0) is 24.2 Å². The number of fused-ring (bicyclic) bond motifs is 3. The minimum absolute atomic E-state index is 0.00523. The smallest absolute Gasteiger partial charge is 0.328 e. The molecule has 2 aliphatic rings. The molecule has 10 heteroatoms. The quantitative estimate of drug-likeness (QED) is 0.642. The monoisotopic (exact) mass is 423 g/mol. The number of carbonyl (C=O) groups is 1. The summed E-state index contributed by atoms with van der Waals surface area (Å²) in [7, 11) is 0. The van der Waals surface area contributed by atoms with Gasteiger partial charge in [0.2, 0.25) is 5.91 Å². The first kappa shape index (κ1) is 19.5. The number of hydrogen-bond donors (Lipinski definition) is 1. The molecule has 1 aliphatic heterocycles. The number of amides is 1. The fourth-order valence-corrected chi connectivity index (χ4v) is 4.54. The van der Waals surface area contributed by atoms with Crippen molar-refractivity contribution in [3.63, 3.8) is 0 Å². The van der Waals surface area contributed by atoms with Gasteiger partial charge in [0.05, 0.1) is 5.69 Å². The van der Waals surface area contributed by atoms with Crippen molar-refractivity contribution in [1.82, 2.24) is 29.0 Å². The van der Waals surface area contributed by atoms with Gasteiger partial charge >= 0.3 is 5.69 Å². The molecular weight excluding hydrogens is 398 g/mol. The standard InChI is InChI=1S/C21H25N7O3/c29-17-5-8-27(21(31)23-17)9-6-18(30)25-11-13-26(14-12-25)20-19-15-3-1-2-4-16(15)24-28(19)10-7-22-20/h5,7-8,10H,1-4,6,9,11-14H2,(H,23,29,31). The molecule has 5 rings (SSSR count). The van der Waals surface area contributed by atoms with E-state index in [2.05, 4.69) is 14.9 Å². The van der Waals surface area contributed by atoms with E-state index in [4.69, 9.17) is 5.10 Å². The molecule has 1 N–H and O–H groups in total. The van der Waals surface area contributed by atoms with Gasteiger partial charge < -0.3 is 14.4 Å². The lowest BCUT2D eigenvalue weighted by molar-refractivity contribution is -0.131. The van der Waals surface area contributed by atoms with Crippen molar-refractivity contribution in [1.29, 1.82) is 0 Å². The Morgan fingerprint density at radius 2 is 1.87 bits per heavy atom. The Labute approximate surface area is 178 Å². The Balaban J connectivity index is 1.25. The van der Waals surface area contributed by atoms with Crippen LogP contribution in [0, 0.1) is 0 Å². The Morgan fingerprint density at radius 1 is 1.06 bits per heavy atom. The van der Waals surface area contributed by atoms with Gasteiger partial charge in [-0.2, -0.15) is 5.10 Å². The van der Waals surface area contributed by atoms with Gasteiger partial charge in [0, 0.05) is 69.4 Å². The van der Waals surface area contributed by atoms with Crippen LogP contribution in [0.2, 0.25) is 0 Å². The van der Waals surface area contributed by atoms with E-state index in [-0.39, 0.29) is 18.9 Å². The normalized spacial score (nSPS) is 16.5. The molecule has 0 atom stereocenters. The fourth-order valence-electron chi connectivity index (χ4n) is 4.54. The van der Waals surface area contributed by atoms with Crippen molar-refractivity contribution in [2.24, 2.45) is 0 Å². The van der Waals surface area contributed by atoms with E-state index in [9.17, 15) is 14.4 Å². The zero-order chi connectivity index (χ0) is 21.4. The second-order valence-corrected chi connectivity index (χ2v) is 8.10. The second kappa shape index (κ2) is 8.01. The summed E-state index contributed by atoms with van der Waals surface area (Å²) < 4.78 is 3.31. The van der Waals surface area contributed by atoms with Gasteiger partial charge in [-0.3, -0.25) is 14.6 Å². The summed E-state index contributed by atoms with van der Waals surface area (Å²) in [5.41, 5.74) is 2.68. The summed E-state index contributed by atoms with van der Waals surface area (Å²) in [6, 6.07) is 1.29. The number of nitrogens with zero attached hydrogens (tertiary/aromatic N) is 6. The lowest BCUT2D eigenvalue weighted by Gasteiger charge is -2.35. The van der Waals surface area contributed by atoms with Crippen LogP contribution in [0.15, 0.2) is 34.2 Å². The third kappa shape index (κ3) is 3.73. The number of rotatable bonds is 4. The Morgan fingerprint density at radius 3 is 2.68 bits per heavy atom. The molecule has 31 heavy (non-hydrogen) atoms. The molecule has 1 fully saturated rings. The summed E-state index contributed by atoms with van der Waals surface area (Å²) in [4.78, 5) is 46.5. The number of aryl methyl sites for hydroxylation is 3. The van der Waals surface area contributed by atoms with Crippen LogP contribution >= 0.6 is 0 Å².